The van der Waals surface area contributed by atoms with Gasteiger partial charge in [-0.05, 0) is 50.5 Å². The molecule has 0 atom stereocenters. The number of amides is 1. The van der Waals surface area contributed by atoms with Crippen LogP contribution in [0.2, 0.25) is 0 Å². The van der Waals surface area contributed by atoms with Crippen molar-refractivity contribution in [1.82, 2.24) is 24.8 Å². The molecule has 4 aromatic rings. The largest absolute Gasteiger partial charge is 0.494 e. The fourth-order valence-electron chi connectivity index (χ4n) is 3.74. The van der Waals surface area contributed by atoms with E-state index >= 15 is 0 Å². The third kappa shape index (κ3) is 6.17. The summed E-state index contributed by atoms with van der Waals surface area (Å²) in [7, 11) is 7.58. The minimum absolute atomic E-state index is 0.313. The van der Waals surface area contributed by atoms with Crippen molar-refractivity contribution in [2.75, 3.05) is 56.9 Å². The molecule has 10 nitrogen and oxygen atoms in total. The molecule has 2 N–H and O–H groups in total. The Morgan fingerprint density at radius 1 is 1.05 bits per heavy atom. The first-order valence-corrected chi connectivity index (χ1v) is 11.7. The van der Waals surface area contributed by atoms with Gasteiger partial charge in [-0.2, -0.15) is 4.98 Å². The number of anilines is 4. The Kier molecular flexibility index (Phi) is 7.89. The van der Waals surface area contributed by atoms with Gasteiger partial charge in [-0.15, -0.1) is 0 Å². The number of fused-ring (bicyclic) bond motifs is 1. The molecule has 10 heteroatoms. The van der Waals surface area contributed by atoms with Crippen LogP contribution in [-0.4, -0.2) is 72.1 Å². The summed E-state index contributed by atoms with van der Waals surface area (Å²) in [5.74, 6) is 1.11. The molecule has 0 aliphatic heterocycles. The Labute approximate surface area is 216 Å². The number of hydrogen-bond donors (Lipinski definition) is 2. The van der Waals surface area contributed by atoms with Gasteiger partial charge in [-0.1, -0.05) is 12.6 Å². The lowest BCUT2D eigenvalue weighted by atomic mass is 10.1. The smallest absolute Gasteiger partial charge is 0.247 e. The Morgan fingerprint density at radius 2 is 1.89 bits per heavy atom. The summed E-state index contributed by atoms with van der Waals surface area (Å²) in [5, 5.41) is 7.10. The highest BCUT2D eigenvalue weighted by Gasteiger charge is 2.17. The van der Waals surface area contributed by atoms with Crippen molar-refractivity contribution in [3.63, 3.8) is 0 Å². The maximum absolute atomic E-state index is 12.2. The number of carbonyl (C=O) groups is 1. The first-order valence-electron chi connectivity index (χ1n) is 11.7. The molecule has 1 amide bonds. The van der Waals surface area contributed by atoms with Crippen molar-refractivity contribution >= 4 is 39.8 Å². The van der Waals surface area contributed by atoms with E-state index in [0.717, 1.165) is 35.2 Å². The van der Waals surface area contributed by atoms with Gasteiger partial charge in [0.2, 0.25) is 11.9 Å². The lowest BCUT2D eigenvalue weighted by Crippen LogP contribution is -2.29. The molecule has 0 aliphatic carbocycles. The number of carbonyl (C=O) groups excluding carboxylic acids is 1. The van der Waals surface area contributed by atoms with Gasteiger partial charge in [0.05, 0.1) is 29.7 Å². The molecular formula is C27H30N8O2. The average Bonchev–Trinajstić information content (AvgIpc) is 2.91. The number of hydrogen-bond acceptors (Lipinski definition) is 9. The highest BCUT2D eigenvalue weighted by Crippen LogP contribution is 2.38. The second kappa shape index (κ2) is 11.4. The van der Waals surface area contributed by atoms with Gasteiger partial charge in [0, 0.05) is 43.4 Å². The summed E-state index contributed by atoms with van der Waals surface area (Å²) in [4.78, 5) is 34.0. The summed E-state index contributed by atoms with van der Waals surface area (Å²) in [6.07, 6.45) is 4.45. The molecule has 4 rings (SSSR count). The molecule has 37 heavy (non-hydrogen) atoms. The summed E-state index contributed by atoms with van der Waals surface area (Å²) in [6, 6.07) is 13.4. The van der Waals surface area contributed by atoms with Gasteiger partial charge in [0.1, 0.15) is 12.1 Å². The van der Waals surface area contributed by atoms with Crippen molar-refractivity contribution in [2.45, 2.75) is 0 Å². The zero-order valence-corrected chi connectivity index (χ0v) is 21.4. The summed E-state index contributed by atoms with van der Waals surface area (Å²) < 4.78 is 5.67. The molecular weight excluding hydrogens is 468 g/mol. The van der Waals surface area contributed by atoms with Crippen LogP contribution in [0, 0.1) is 0 Å². The minimum atomic E-state index is -0.313. The van der Waals surface area contributed by atoms with Crippen LogP contribution in [0.15, 0.2) is 67.6 Å². The van der Waals surface area contributed by atoms with Gasteiger partial charge in [0.15, 0.2) is 5.82 Å². The van der Waals surface area contributed by atoms with Crippen LogP contribution in [0.5, 0.6) is 5.75 Å². The van der Waals surface area contributed by atoms with Crippen LogP contribution in [0.1, 0.15) is 0 Å². The third-order valence-electron chi connectivity index (χ3n) is 5.73. The predicted molar refractivity (Wildman–Crippen MR) is 147 cm³/mol. The Bertz CT molecular complexity index is 1420. The number of ether oxygens (including phenoxy) is 1. The van der Waals surface area contributed by atoms with E-state index in [1.807, 2.05) is 57.5 Å². The van der Waals surface area contributed by atoms with Gasteiger partial charge in [-0.25, -0.2) is 9.97 Å². The van der Waals surface area contributed by atoms with Crippen LogP contribution < -0.4 is 20.3 Å². The number of pyridine rings is 1. The number of benzene rings is 2. The number of likely N-dealkylation sites (N-methyl/N-ethyl adjacent to an activating group) is 2. The summed E-state index contributed by atoms with van der Waals surface area (Å²) in [5.41, 5.74) is 3.74. The summed E-state index contributed by atoms with van der Waals surface area (Å²) >= 11 is 0. The molecule has 0 saturated carbocycles. The van der Waals surface area contributed by atoms with E-state index in [9.17, 15) is 4.79 Å². The number of aromatic nitrogens is 4. The van der Waals surface area contributed by atoms with E-state index in [-0.39, 0.29) is 5.91 Å². The van der Waals surface area contributed by atoms with Gasteiger partial charge in [-0.3, -0.25) is 9.78 Å². The SMILES string of the molecule is C=CC(=O)Nc1cc(Nc2ncnc(-c3ccc4ncccc4c3)n2)c(OC)cc1N(C)CCN(C)C. The quantitative estimate of drug-likeness (QED) is 0.314. The predicted octanol–water partition coefficient (Wildman–Crippen LogP) is 3.96. The highest BCUT2D eigenvalue weighted by molar-refractivity contribution is 6.02. The van der Waals surface area contributed by atoms with E-state index in [0.29, 0.717) is 28.9 Å². The Balaban J connectivity index is 1.67. The lowest BCUT2D eigenvalue weighted by Gasteiger charge is -2.26. The van der Waals surface area contributed by atoms with E-state index < -0.39 is 0 Å². The summed E-state index contributed by atoms with van der Waals surface area (Å²) in [6.45, 7) is 5.16. The van der Waals surface area contributed by atoms with Crippen molar-refractivity contribution in [3.8, 4) is 17.1 Å². The second-order valence-electron chi connectivity index (χ2n) is 8.66. The lowest BCUT2D eigenvalue weighted by molar-refractivity contribution is -0.111. The van der Waals surface area contributed by atoms with E-state index in [2.05, 4.69) is 46.9 Å². The maximum Gasteiger partial charge on any atom is 0.247 e. The molecule has 190 valence electrons. The fourth-order valence-corrected chi connectivity index (χ4v) is 3.74. The normalized spacial score (nSPS) is 10.8. The van der Waals surface area contributed by atoms with E-state index in [1.165, 1.54) is 12.4 Å². The zero-order valence-electron chi connectivity index (χ0n) is 21.4. The van der Waals surface area contributed by atoms with Crippen LogP contribution in [0.3, 0.4) is 0 Å². The molecule has 2 aromatic carbocycles. The monoisotopic (exact) mass is 498 g/mol. The van der Waals surface area contributed by atoms with Crippen LogP contribution in [-0.2, 0) is 4.79 Å². The van der Waals surface area contributed by atoms with Crippen molar-refractivity contribution in [1.29, 1.82) is 0 Å². The van der Waals surface area contributed by atoms with Crippen LogP contribution in [0.4, 0.5) is 23.0 Å². The van der Waals surface area contributed by atoms with E-state index in [4.69, 9.17) is 4.74 Å². The maximum atomic E-state index is 12.2. The second-order valence-corrected chi connectivity index (χ2v) is 8.66. The number of nitrogens with zero attached hydrogens (tertiary/aromatic N) is 6. The van der Waals surface area contributed by atoms with E-state index in [1.54, 1.807) is 19.4 Å². The molecule has 0 radical (unpaired) electrons. The molecule has 0 spiro atoms. The molecule has 0 unspecified atom stereocenters. The molecule has 0 saturated heterocycles. The van der Waals surface area contributed by atoms with Crippen LogP contribution >= 0.6 is 0 Å². The Hall–Kier alpha value is -4.57. The average molecular weight is 499 g/mol. The molecule has 0 bridgehead atoms. The standard InChI is InChI=1S/C27H30N8O2/c1-6-25(36)31-21-15-22(24(37-5)16-23(21)35(4)13-12-34(2)3)32-27-30-17-29-26(33-27)19-9-10-20-18(14-19)8-7-11-28-20/h6-11,14-17H,1,12-13H2,2-5H3,(H,31,36)(H,29,30,32,33). The third-order valence-corrected chi connectivity index (χ3v) is 5.73. The van der Waals surface area contributed by atoms with Crippen molar-refractivity contribution in [3.05, 3.63) is 67.6 Å². The fraction of sp³-hybridized carbons (Fsp3) is 0.222. The van der Waals surface area contributed by atoms with Crippen LogP contribution in [0.25, 0.3) is 22.3 Å². The van der Waals surface area contributed by atoms with Gasteiger partial charge in [0.25, 0.3) is 0 Å². The highest BCUT2D eigenvalue weighted by atomic mass is 16.5. The minimum Gasteiger partial charge on any atom is -0.494 e. The topological polar surface area (TPSA) is 108 Å². The Morgan fingerprint density at radius 3 is 2.65 bits per heavy atom. The van der Waals surface area contributed by atoms with Crippen molar-refractivity contribution in [2.24, 2.45) is 0 Å². The first-order chi connectivity index (χ1) is 17.9. The first kappa shape index (κ1) is 25.5. The van der Waals surface area contributed by atoms with Gasteiger partial charge < -0.3 is 25.2 Å². The number of methoxy groups -OCH3 is 1. The zero-order chi connectivity index (χ0) is 26.4. The molecule has 0 fully saturated rings. The number of rotatable bonds is 10. The van der Waals surface area contributed by atoms with Gasteiger partial charge >= 0.3 is 0 Å². The number of nitrogens with one attached hydrogen (secondary N) is 2. The molecule has 2 heterocycles. The van der Waals surface area contributed by atoms with Crippen molar-refractivity contribution < 1.29 is 9.53 Å². The molecule has 0 aliphatic rings. The molecule has 2 aromatic heterocycles.